The number of nitrogens with one attached hydrogen (secondary N) is 1. The summed E-state index contributed by atoms with van der Waals surface area (Å²) in [5.74, 6) is 0.436. The maximum atomic E-state index is 6.04. The molecule has 108 valence electrons. The summed E-state index contributed by atoms with van der Waals surface area (Å²) in [6, 6.07) is 8.07. The molecular weight excluding hydrogens is 262 g/mol. The van der Waals surface area contributed by atoms with Crippen molar-refractivity contribution in [2.24, 2.45) is 0 Å². The third kappa shape index (κ3) is 6.92. The number of methoxy groups -OCH3 is 1. The van der Waals surface area contributed by atoms with Crippen molar-refractivity contribution < 1.29 is 9.47 Å². The Morgan fingerprint density at radius 2 is 2.11 bits per heavy atom. The van der Waals surface area contributed by atoms with Gasteiger partial charge in [-0.1, -0.05) is 23.7 Å². The summed E-state index contributed by atoms with van der Waals surface area (Å²) in [7, 11) is 3.68. The van der Waals surface area contributed by atoms with Crippen molar-refractivity contribution >= 4 is 11.6 Å². The highest BCUT2D eigenvalue weighted by molar-refractivity contribution is 6.30. The third-order valence-electron chi connectivity index (χ3n) is 3.02. The molecule has 0 radical (unpaired) electrons. The molecular formula is C15H24ClNO2. The molecule has 1 unspecified atom stereocenters. The molecule has 0 saturated heterocycles. The molecule has 0 amide bonds. The molecule has 0 spiro atoms. The van der Waals surface area contributed by atoms with Gasteiger partial charge in [-0.25, -0.2) is 0 Å². The van der Waals surface area contributed by atoms with E-state index in [1.807, 2.05) is 25.2 Å². The van der Waals surface area contributed by atoms with Crippen LogP contribution in [0.15, 0.2) is 24.3 Å². The SMILES string of the molecule is CNCC(CCOCCCOC)c1cccc(Cl)c1. The second kappa shape index (κ2) is 10.2. The molecule has 1 atom stereocenters. The van der Waals surface area contributed by atoms with Gasteiger partial charge in [-0.15, -0.1) is 0 Å². The third-order valence-corrected chi connectivity index (χ3v) is 3.25. The smallest absolute Gasteiger partial charge is 0.0487 e. The predicted molar refractivity (Wildman–Crippen MR) is 80.0 cm³/mol. The predicted octanol–water partition coefficient (Wildman–Crippen LogP) is 3.09. The van der Waals surface area contributed by atoms with Crippen LogP contribution < -0.4 is 5.32 Å². The standard InChI is InChI=1S/C15H24ClNO2/c1-17-12-14(7-10-19-9-4-8-18-2)13-5-3-6-15(16)11-13/h3,5-6,11,14,17H,4,7-10,12H2,1-2H3. The Hall–Kier alpha value is -0.610. The van der Waals surface area contributed by atoms with E-state index in [4.69, 9.17) is 21.1 Å². The molecule has 4 heteroatoms. The summed E-state index contributed by atoms with van der Waals surface area (Å²) in [5, 5.41) is 4.02. The van der Waals surface area contributed by atoms with Gasteiger partial charge in [0.2, 0.25) is 0 Å². The van der Waals surface area contributed by atoms with Gasteiger partial charge in [0, 0.05) is 38.5 Å². The topological polar surface area (TPSA) is 30.5 Å². The van der Waals surface area contributed by atoms with Gasteiger partial charge >= 0.3 is 0 Å². The first-order valence-corrected chi connectivity index (χ1v) is 7.12. The van der Waals surface area contributed by atoms with Gasteiger partial charge in [-0.05, 0) is 43.5 Å². The molecule has 19 heavy (non-hydrogen) atoms. The molecule has 0 bridgehead atoms. The molecule has 0 aromatic heterocycles. The lowest BCUT2D eigenvalue weighted by Gasteiger charge is -2.17. The quantitative estimate of drug-likeness (QED) is 0.670. The molecule has 0 aliphatic rings. The number of rotatable bonds is 10. The van der Waals surface area contributed by atoms with Crippen LogP contribution in [0.1, 0.15) is 24.3 Å². The van der Waals surface area contributed by atoms with Gasteiger partial charge in [0.05, 0.1) is 0 Å². The highest BCUT2D eigenvalue weighted by Gasteiger charge is 2.10. The molecule has 0 saturated carbocycles. The Kier molecular flexibility index (Phi) is 8.84. The van der Waals surface area contributed by atoms with E-state index in [1.54, 1.807) is 7.11 Å². The lowest BCUT2D eigenvalue weighted by molar-refractivity contribution is 0.0981. The summed E-state index contributed by atoms with van der Waals surface area (Å²) in [5.41, 5.74) is 1.27. The van der Waals surface area contributed by atoms with Crippen LogP contribution in [-0.2, 0) is 9.47 Å². The van der Waals surface area contributed by atoms with Crippen LogP contribution in [-0.4, -0.2) is 40.5 Å². The number of halogens is 1. The zero-order valence-corrected chi connectivity index (χ0v) is 12.6. The van der Waals surface area contributed by atoms with Crippen LogP contribution in [0.2, 0.25) is 5.02 Å². The molecule has 0 heterocycles. The Labute approximate surface area is 121 Å². The first-order valence-electron chi connectivity index (χ1n) is 6.74. The van der Waals surface area contributed by atoms with Crippen LogP contribution in [0.4, 0.5) is 0 Å². The van der Waals surface area contributed by atoms with E-state index in [0.29, 0.717) is 5.92 Å². The van der Waals surface area contributed by atoms with Gasteiger partial charge in [0.15, 0.2) is 0 Å². The number of likely N-dealkylation sites (N-methyl/N-ethyl adjacent to an activating group) is 1. The van der Waals surface area contributed by atoms with Gasteiger partial charge in [0.25, 0.3) is 0 Å². The molecule has 3 nitrogen and oxygen atoms in total. The van der Waals surface area contributed by atoms with Crippen molar-refractivity contribution in [3.63, 3.8) is 0 Å². The van der Waals surface area contributed by atoms with Crippen molar-refractivity contribution in [2.45, 2.75) is 18.8 Å². The van der Waals surface area contributed by atoms with E-state index < -0.39 is 0 Å². The molecule has 0 fully saturated rings. The minimum absolute atomic E-state index is 0.436. The van der Waals surface area contributed by atoms with Crippen molar-refractivity contribution in [3.05, 3.63) is 34.9 Å². The number of ether oxygens (including phenoxy) is 2. The maximum Gasteiger partial charge on any atom is 0.0487 e. The van der Waals surface area contributed by atoms with E-state index in [9.17, 15) is 0 Å². The Morgan fingerprint density at radius 1 is 1.26 bits per heavy atom. The minimum atomic E-state index is 0.436. The molecule has 0 aliphatic heterocycles. The summed E-state index contributed by atoms with van der Waals surface area (Å²) in [4.78, 5) is 0. The molecule has 1 rings (SSSR count). The summed E-state index contributed by atoms with van der Waals surface area (Å²) < 4.78 is 10.6. The molecule has 1 aromatic rings. The van der Waals surface area contributed by atoms with Gasteiger partial charge in [0.1, 0.15) is 0 Å². The summed E-state index contributed by atoms with van der Waals surface area (Å²) in [6.07, 6.45) is 1.94. The Morgan fingerprint density at radius 3 is 2.79 bits per heavy atom. The van der Waals surface area contributed by atoms with Crippen molar-refractivity contribution in [1.29, 1.82) is 0 Å². The second-order valence-electron chi connectivity index (χ2n) is 4.56. The highest BCUT2D eigenvalue weighted by atomic mass is 35.5. The second-order valence-corrected chi connectivity index (χ2v) is 4.99. The fourth-order valence-electron chi connectivity index (χ4n) is 2.03. The van der Waals surface area contributed by atoms with E-state index in [-0.39, 0.29) is 0 Å². The number of benzene rings is 1. The first-order chi connectivity index (χ1) is 9.27. The molecule has 1 N–H and O–H groups in total. The van der Waals surface area contributed by atoms with Crippen molar-refractivity contribution in [1.82, 2.24) is 5.32 Å². The summed E-state index contributed by atoms with van der Waals surface area (Å²) in [6.45, 7) is 3.22. The summed E-state index contributed by atoms with van der Waals surface area (Å²) >= 11 is 6.04. The van der Waals surface area contributed by atoms with Crippen LogP contribution in [0.3, 0.4) is 0 Å². The van der Waals surface area contributed by atoms with Crippen molar-refractivity contribution in [2.75, 3.05) is 40.5 Å². The van der Waals surface area contributed by atoms with Crippen LogP contribution in [0, 0.1) is 0 Å². The highest BCUT2D eigenvalue weighted by Crippen LogP contribution is 2.22. The zero-order valence-electron chi connectivity index (χ0n) is 11.8. The lowest BCUT2D eigenvalue weighted by Crippen LogP contribution is -2.19. The molecule has 1 aromatic carbocycles. The first kappa shape index (κ1) is 16.4. The Balaban J connectivity index is 2.36. The van der Waals surface area contributed by atoms with Crippen molar-refractivity contribution in [3.8, 4) is 0 Å². The fraction of sp³-hybridized carbons (Fsp3) is 0.600. The minimum Gasteiger partial charge on any atom is -0.385 e. The average Bonchev–Trinajstić information content (AvgIpc) is 2.41. The number of hydrogen-bond acceptors (Lipinski definition) is 3. The normalized spacial score (nSPS) is 12.6. The lowest BCUT2D eigenvalue weighted by atomic mass is 9.96. The van der Waals surface area contributed by atoms with Crippen LogP contribution in [0.25, 0.3) is 0 Å². The van der Waals surface area contributed by atoms with Gasteiger partial charge < -0.3 is 14.8 Å². The van der Waals surface area contributed by atoms with Gasteiger partial charge in [-0.3, -0.25) is 0 Å². The zero-order chi connectivity index (χ0) is 13.9. The van der Waals surface area contributed by atoms with Gasteiger partial charge in [-0.2, -0.15) is 0 Å². The van der Waals surface area contributed by atoms with E-state index in [2.05, 4.69) is 11.4 Å². The van der Waals surface area contributed by atoms with Crippen LogP contribution in [0.5, 0.6) is 0 Å². The van der Waals surface area contributed by atoms with Crippen LogP contribution >= 0.6 is 11.6 Å². The molecule has 0 aliphatic carbocycles. The Bertz CT molecular complexity index is 347. The van der Waals surface area contributed by atoms with E-state index >= 15 is 0 Å². The largest absolute Gasteiger partial charge is 0.385 e. The fourth-order valence-corrected chi connectivity index (χ4v) is 2.23. The number of hydrogen-bond donors (Lipinski definition) is 1. The monoisotopic (exact) mass is 285 g/mol. The maximum absolute atomic E-state index is 6.04. The average molecular weight is 286 g/mol. The van der Waals surface area contributed by atoms with E-state index in [0.717, 1.165) is 44.2 Å². The van der Waals surface area contributed by atoms with E-state index in [1.165, 1.54) is 5.56 Å².